The van der Waals surface area contributed by atoms with Crippen LogP contribution in [0.15, 0.2) is 6.07 Å². The predicted octanol–water partition coefficient (Wildman–Crippen LogP) is 1.12. The summed E-state index contributed by atoms with van der Waals surface area (Å²) in [5.74, 6) is 0.522. The summed E-state index contributed by atoms with van der Waals surface area (Å²) in [6.07, 6.45) is 0.929. The number of nitrogens with two attached hydrogens (primary N) is 1. The molecule has 0 atom stereocenters. The smallest absolute Gasteiger partial charge is 0.304 e. The lowest BCUT2D eigenvalue weighted by atomic mass is 9.96. The average molecular weight is 280 g/mol. The molecule has 0 unspecified atom stereocenters. The summed E-state index contributed by atoms with van der Waals surface area (Å²) >= 11 is 0. The fourth-order valence-corrected chi connectivity index (χ4v) is 2.61. The van der Waals surface area contributed by atoms with E-state index in [1.165, 1.54) is 0 Å². The van der Waals surface area contributed by atoms with Crippen LogP contribution in [0.3, 0.4) is 0 Å². The van der Waals surface area contributed by atoms with E-state index in [2.05, 4.69) is 4.90 Å². The Morgan fingerprint density at radius 2 is 2.15 bits per heavy atom. The number of nitrogen functional groups attached to an aromatic ring is 1. The maximum Gasteiger partial charge on any atom is 0.304 e. The monoisotopic (exact) mass is 280 g/mol. The summed E-state index contributed by atoms with van der Waals surface area (Å²) in [5.41, 5.74) is 8.84. The third-order valence-corrected chi connectivity index (χ3v) is 3.62. The molecule has 1 aliphatic rings. The van der Waals surface area contributed by atoms with Crippen molar-refractivity contribution in [1.29, 1.82) is 0 Å². The van der Waals surface area contributed by atoms with Gasteiger partial charge in [-0.3, -0.25) is 9.69 Å². The van der Waals surface area contributed by atoms with E-state index in [-0.39, 0.29) is 6.42 Å². The maximum absolute atomic E-state index is 10.7. The number of benzene rings is 1. The van der Waals surface area contributed by atoms with Crippen LogP contribution < -0.4 is 15.2 Å². The Hall–Kier alpha value is -1.95. The summed E-state index contributed by atoms with van der Waals surface area (Å²) in [6, 6.07) is 1.78. The Kier molecular flexibility index (Phi) is 4.34. The number of anilines is 1. The Morgan fingerprint density at radius 3 is 2.75 bits per heavy atom. The number of rotatable bonds is 5. The number of hydrogen-bond donors (Lipinski definition) is 2. The van der Waals surface area contributed by atoms with Gasteiger partial charge < -0.3 is 20.3 Å². The van der Waals surface area contributed by atoms with Crippen molar-refractivity contribution in [2.24, 2.45) is 0 Å². The van der Waals surface area contributed by atoms with Crippen molar-refractivity contribution in [1.82, 2.24) is 4.90 Å². The van der Waals surface area contributed by atoms with Crippen molar-refractivity contribution in [3.63, 3.8) is 0 Å². The number of fused-ring (bicyclic) bond motifs is 1. The molecule has 20 heavy (non-hydrogen) atoms. The molecule has 1 heterocycles. The van der Waals surface area contributed by atoms with Crippen LogP contribution in [0.25, 0.3) is 0 Å². The zero-order valence-corrected chi connectivity index (χ0v) is 11.8. The highest BCUT2D eigenvalue weighted by atomic mass is 16.5. The number of nitrogens with zero attached hydrogens (tertiary/aromatic N) is 1. The van der Waals surface area contributed by atoms with Gasteiger partial charge in [0.2, 0.25) is 0 Å². The lowest BCUT2D eigenvalue weighted by molar-refractivity contribution is -0.137. The van der Waals surface area contributed by atoms with Gasteiger partial charge in [-0.15, -0.1) is 0 Å². The van der Waals surface area contributed by atoms with Crippen LogP contribution in [0.4, 0.5) is 5.69 Å². The second-order valence-electron chi connectivity index (χ2n) is 4.83. The summed E-state index contributed by atoms with van der Waals surface area (Å²) < 4.78 is 10.7. The van der Waals surface area contributed by atoms with Crippen molar-refractivity contribution in [2.75, 3.05) is 33.0 Å². The van der Waals surface area contributed by atoms with Gasteiger partial charge in [0.1, 0.15) is 0 Å². The Morgan fingerprint density at radius 1 is 1.40 bits per heavy atom. The second-order valence-corrected chi connectivity index (χ2v) is 4.83. The van der Waals surface area contributed by atoms with E-state index in [4.69, 9.17) is 20.3 Å². The minimum absolute atomic E-state index is 0.136. The molecule has 0 spiro atoms. The molecule has 0 amide bonds. The molecule has 2 rings (SSSR count). The third kappa shape index (κ3) is 2.80. The standard InChI is InChI=1S/C14H20N2O4/c1-19-12-7-11(15)9-3-5-16(6-4-13(17)18)8-10(9)14(12)20-2/h7H,3-6,8,15H2,1-2H3,(H,17,18). The van der Waals surface area contributed by atoms with Crippen molar-refractivity contribution in [3.8, 4) is 11.5 Å². The number of ether oxygens (including phenoxy) is 2. The van der Waals surface area contributed by atoms with E-state index >= 15 is 0 Å². The zero-order valence-electron chi connectivity index (χ0n) is 11.8. The number of carboxylic acids is 1. The summed E-state index contributed by atoms with van der Waals surface area (Å²) in [6.45, 7) is 1.96. The zero-order chi connectivity index (χ0) is 14.7. The number of carboxylic acid groups (broad SMARTS) is 1. The van der Waals surface area contributed by atoms with Gasteiger partial charge in [0.05, 0.1) is 20.6 Å². The van der Waals surface area contributed by atoms with Crippen molar-refractivity contribution < 1.29 is 19.4 Å². The molecule has 110 valence electrons. The normalized spacial score (nSPS) is 14.7. The first-order valence-corrected chi connectivity index (χ1v) is 6.53. The summed E-state index contributed by atoms with van der Waals surface area (Å²) in [4.78, 5) is 12.8. The van der Waals surface area contributed by atoms with Gasteiger partial charge in [-0.2, -0.15) is 0 Å². The molecular formula is C14H20N2O4. The molecular weight excluding hydrogens is 260 g/mol. The molecule has 3 N–H and O–H groups in total. The minimum Gasteiger partial charge on any atom is -0.493 e. The first kappa shape index (κ1) is 14.5. The fourth-order valence-electron chi connectivity index (χ4n) is 2.61. The summed E-state index contributed by atoms with van der Waals surface area (Å²) in [5, 5.41) is 8.78. The van der Waals surface area contributed by atoms with Gasteiger partial charge in [0.25, 0.3) is 0 Å². The number of carbonyl (C=O) groups is 1. The van der Waals surface area contributed by atoms with Crippen LogP contribution in [0, 0.1) is 0 Å². The first-order valence-electron chi connectivity index (χ1n) is 6.53. The van der Waals surface area contributed by atoms with Gasteiger partial charge in [-0.1, -0.05) is 0 Å². The van der Waals surface area contributed by atoms with E-state index in [1.807, 2.05) is 0 Å². The van der Waals surface area contributed by atoms with Crippen LogP contribution in [0.5, 0.6) is 11.5 Å². The third-order valence-electron chi connectivity index (χ3n) is 3.62. The molecule has 1 aromatic rings. The molecule has 1 aromatic carbocycles. The highest BCUT2D eigenvalue weighted by Crippen LogP contribution is 2.39. The quantitative estimate of drug-likeness (QED) is 0.786. The van der Waals surface area contributed by atoms with E-state index < -0.39 is 5.97 Å². The summed E-state index contributed by atoms with van der Waals surface area (Å²) in [7, 11) is 3.18. The Labute approximate surface area is 118 Å². The Balaban J connectivity index is 2.28. The van der Waals surface area contributed by atoms with Gasteiger partial charge >= 0.3 is 5.97 Å². The van der Waals surface area contributed by atoms with E-state index in [0.29, 0.717) is 30.3 Å². The molecule has 6 heteroatoms. The van der Waals surface area contributed by atoms with Gasteiger partial charge in [0, 0.05) is 37.0 Å². The van der Waals surface area contributed by atoms with Crippen LogP contribution in [-0.4, -0.2) is 43.3 Å². The lowest BCUT2D eigenvalue weighted by Crippen LogP contribution is -2.33. The highest BCUT2D eigenvalue weighted by molar-refractivity contribution is 5.67. The number of hydrogen-bond acceptors (Lipinski definition) is 5. The van der Waals surface area contributed by atoms with E-state index in [0.717, 1.165) is 24.1 Å². The minimum atomic E-state index is -0.784. The van der Waals surface area contributed by atoms with Crippen molar-refractivity contribution in [3.05, 3.63) is 17.2 Å². The van der Waals surface area contributed by atoms with Gasteiger partial charge in [-0.25, -0.2) is 0 Å². The van der Waals surface area contributed by atoms with E-state index in [1.54, 1.807) is 20.3 Å². The van der Waals surface area contributed by atoms with Crippen LogP contribution in [-0.2, 0) is 17.8 Å². The molecule has 6 nitrogen and oxygen atoms in total. The SMILES string of the molecule is COc1cc(N)c2c(c1OC)CN(CCC(=O)O)CC2. The maximum atomic E-state index is 10.7. The Bertz CT molecular complexity index is 516. The first-order chi connectivity index (χ1) is 9.56. The lowest BCUT2D eigenvalue weighted by Gasteiger charge is -2.30. The molecule has 0 bridgehead atoms. The molecule has 0 saturated carbocycles. The van der Waals surface area contributed by atoms with Crippen LogP contribution in [0.2, 0.25) is 0 Å². The molecule has 0 radical (unpaired) electrons. The topological polar surface area (TPSA) is 85.0 Å². The highest BCUT2D eigenvalue weighted by Gasteiger charge is 2.24. The average Bonchev–Trinajstić information content (AvgIpc) is 2.44. The molecule has 1 aliphatic heterocycles. The second kappa shape index (κ2) is 6.00. The molecule has 0 saturated heterocycles. The number of aliphatic carboxylic acids is 1. The van der Waals surface area contributed by atoms with E-state index in [9.17, 15) is 4.79 Å². The number of methoxy groups -OCH3 is 2. The predicted molar refractivity (Wildman–Crippen MR) is 75.2 cm³/mol. The fraction of sp³-hybridized carbons (Fsp3) is 0.500. The molecule has 0 aliphatic carbocycles. The van der Waals surface area contributed by atoms with Gasteiger partial charge in [0.15, 0.2) is 11.5 Å². The largest absolute Gasteiger partial charge is 0.493 e. The van der Waals surface area contributed by atoms with Crippen molar-refractivity contribution >= 4 is 11.7 Å². The molecule has 0 fully saturated rings. The molecule has 0 aromatic heterocycles. The van der Waals surface area contributed by atoms with Crippen molar-refractivity contribution in [2.45, 2.75) is 19.4 Å². The van der Waals surface area contributed by atoms with Crippen LogP contribution >= 0.6 is 0 Å². The van der Waals surface area contributed by atoms with Gasteiger partial charge in [-0.05, 0) is 12.0 Å². The van der Waals surface area contributed by atoms with Crippen LogP contribution in [0.1, 0.15) is 17.5 Å².